The summed E-state index contributed by atoms with van der Waals surface area (Å²) in [7, 11) is 0. The maximum absolute atomic E-state index is 11.8. The predicted molar refractivity (Wildman–Crippen MR) is 81.1 cm³/mol. The molecule has 0 fully saturated rings. The maximum Gasteiger partial charge on any atom is 0.408 e. The minimum absolute atomic E-state index is 0.299. The third kappa shape index (κ3) is 3.62. The summed E-state index contributed by atoms with van der Waals surface area (Å²) in [4.78, 5) is 13.2. The molecule has 1 heterocycles. The van der Waals surface area contributed by atoms with E-state index in [0.717, 1.165) is 11.3 Å². The fraction of sp³-hybridized carbons (Fsp3) is 0.375. The Morgan fingerprint density at radius 3 is 2.43 bits per heavy atom. The smallest absolute Gasteiger partial charge is 0.408 e. The summed E-state index contributed by atoms with van der Waals surface area (Å²) >= 11 is 0. The average Bonchev–Trinajstić information content (AvgIpc) is 2.90. The molecule has 2 rings (SSSR count). The summed E-state index contributed by atoms with van der Waals surface area (Å²) in [5, 5.41) is 16.5. The molecular weight excluding hydrogens is 266 g/mol. The van der Waals surface area contributed by atoms with Crippen molar-refractivity contribution in [2.45, 2.75) is 38.8 Å². The summed E-state index contributed by atoms with van der Waals surface area (Å²) in [5.41, 5.74) is 1.39. The molecule has 1 aromatic carbocycles. The van der Waals surface area contributed by atoms with Crippen LogP contribution in [0, 0.1) is 0 Å². The molecule has 5 heteroatoms. The van der Waals surface area contributed by atoms with Crippen LogP contribution < -0.4 is 0 Å². The van der Waals surface area contributed by atoms with Crippen LogP contribution in [0.25, 0.3) is 0 Å². The van der Waals surface area contributed by atoms with Gasteiger partial charge >= 0.3 is 6.09 Å². The minimum atomic E-state index is -0.932. The molecule has 1 amide bonds. The first-order valence-electron chi connectivity index (χ1n) is 6.95. The van der Waals surface area contributed by atoms with Crippen LogP contribution >= 0.6 is 0 Å². The van der Waals surface area contributed by atoms with E-state index >= 15 is 0 Å². The molecule has 112 valence electrons. The summed E-state index contributed by atoms with van der Waals surface area (Å²) < 4.78 is 0. The SMILES string of the molecule is CC(C)(C)N(C(=O)O)[C@@H](Cc1ccccc1)c1ccn[nH]1. The lowest BCUT2D eigenvalue weighted by Crippen LogP contribution is -2.48. The Balaban J connectivity index is 2.38. The van der Waals surface area contributed by atoms with Gasteiger partial charge in [-0.05, 0) is 38.8 Å². The lowest BCUT2D eigenvalue weighted by Gasteiger charge is -2.39. The first-order chi connectivity index (χ1) is 9.89. The summed E-state index contributed by atoms with van der Waals surface area (Å²) in [6, 6.07) is 11.4. The topological polar surface area (TPSA) is 69.2 Å². The van der Waals surface area contributed by atoms with Crippen molar-refractivity contribution in [1.29, 1.82) is 0 Å². The number of nitrogens with zero attached hydrogens (tertiary/aromatic N) is 2. The zero-order valence-corrected chi connectivity index (χ0v) is 12.6. The van der Waals surface area contributed by atoms with Gasteiger partial charge in [-0.15, -0.1) is 0 Å². The summed E-state index contributed by atoms with van der Waals surface area (Å²) in [6.07, 6.45) is 1.32. The van der Waals surface area contributed by atoms with Crippen molar-refractivity contribution in [1.82, 2.24) is 15.1 Å². The van der Waals surface area contributed by atoms with E-state index < -0.39 is 11.6 Å². The molecule has 0 unspecified atom stereocenters. The molecule has 2 aromatic rings. The zero-order valence-electron chi connectivity index (χ0n) is 12.6. The molecule has 0 saturated carbocycles. The first-order valence-corrected chi connectivity index (χ1v) is 6.95. The van der Waals surface area contributed by atoms with Gasteiger partial charge in [-0.2, -0.15) is 5.10 Å². The van der Waals surface area contributed by atoms with Crippen molar-refractivity contribution < 1.29 is 9.90 Å². The number of hydrogen-bond donors (Lipinski definition) is 2. The molecule has 0 radical (unpaired) electrons. The second-order valence-electron chi connectivity index (χ2n) is 6.04. The van der Waals surface area contributed by atoms with E-state index in [2.05, 4.69) is 10.2 Å². The van der Waals surface area contributed by atoms with Gasteiger partial charge in [0.1, 0.15) is 0 Å². The van der Waals surface area contributed by atoms with Crippen molar-refractivity contribution in [3.8, 4) is 0 Å². The Labute approximate surface area is 124 Å². The number of amides is 1. The van der Waals surface area contributed by atoms with Gasteiger partial charge in [0.25, 0.3) is 0 Å². The van der Waals surface area contributed by atoms with Gasteiger partial charge in [-0.3, -0.25) is 10.00 Å². The van der Waals surface area contributed by atoms with Crippen LogP contribution in [0.2, 0.25) is 0 Å². The van der Waals surface area contributed by atoms with Gasteiger partial charge in [0.15, 0.2) is 0 Å². The number of aromatic amines is 1. The second-order valence-corrected chi connectivity index (χ2v) is 6.04. The molecule has 21 heavy (non-hydrogen) atoms. The highest BCUT2D eigenvalue weighted by Crippen LogP contribution is 2.30. The molecule has 1 aromatic heterocycles. The Hall–Kier alpha value is -2.30. The number of benzene rings is 1. The molecule has 0 bridgehead atoms. The number of H-pyrrole nitrogens is 1. The van der Waals surface area contributed by atoms with Crippen molar-refractivity contribution in [2.24, 2.45) is 0 Å². The van der Waals surface area contributed by atoms with E-state index in [-0.39, 0.29) is 6.04 Å². The number of aromatic nitrogens is 2. The Bertz CT molecular complexity index is 573. The molecule has 0 saturated heterocycles. The molecule has 0 aliphatic rings. The monoisotopic (exact) mass is 287 g/mol. The minimum Gasteiger partial charge on any atom is -0.465 e. The molecule has 1 atom stereocenters. The van der Waals surface area contributed by atoms with Gasteiger partial charge in [0, 0.05) is 11.7 Å². The normalized spacial score (nSPS) is 12.9. The first kappa shape index (κ1) is 15.1. The van der Waals surface area contributed by atoms with E-state index in [9.17, 15) is 9.90 Å². The highest BCUT2D eigenvalue weighted by molar-refractivity contribution is 5.66. The van der Waals surface area contributed by atoms with Crippen LogP contribution in [0.4, 0.5) is 4.79 Å². The average molecular weight is 287 g/mol. The van der Waals surface area contributed by atoms with Crippen molar-refractivity contribution >= 4 is 6.09 Å². The maximum atomic E-state index is 11.8. The van der Waals surface area contributed by atoms with E-state index in [1.54, 1.807) is 6.20 Å². The highest BCUT2D eigenvalue weighted by atomic mass is 16.4. The van der Waals surface area contributed by atoms with Gasteiger partial charge in [-0.25, -0.2) is 4.79 Å². The fourth-order valence-electron chi connectivity index (χ4n) is 2.52. The molecule has 0 aliphatic carbocycles. The standard InChI is InChI=1S/C16H21N3O2/c1-16(2,3)19(15(20)21)14(13-9-10-17-18-13)11-12-7-5-4-6-8-12/h4-10,14H,11H2,1-3H3,(H,17,18)(H,20,21)/t14-/m0/s1. The molecular formula is C16H21N3O2. The second kappa shape index (κ2) is 5.99. The van der Waals surface area contributed by atoms with E-state index in [1.165, 1.54) is 4.90 Å². The number of carbonyl (C=O) groups is 1. The van der Waals surface area contributed by atoms with Gasteiger partial charge < -0.3 is 5.11 Å². The van der Waals surface area contributed by atoms with E-state index in [0.29, 0.717) is 6.42 Å². The molecule has 5 nitrogen and oxygen atoms in total. The third-order valence-corrected chi connectivity index (χ3v) is 3.39. The Morgan fingerprint density at radius 1 is 1.29 bits per heavy atom. The van der Waals surface area contributed by atoms with E-state index in [1.807, 2.05) is 57.2 Å². The quantitative estimate of drug-likeness (QED) is 0.904. The number of rotatable bonds is 4. The number of carboxylic acid groups (broad SMARTS) is 1. The molecule has 0 aliphatic heterocycles. The Morgan fingerprint density at radius 2 is 1.95 bits per heavy atom. The largest absolute Gasteiger partial charge is 0.465 e. The number of nitrogens with one attached hydrogen (secondary N) is 1. The van der Waals surface area contributed by atoms with Crippen LogP contribution in [0.5, 0.6) is 0 Å². The summed E-state index contributed by atoms with van der Waals surface area (Å²) in [5.74, 6) is 0. The zero-order chi connectivity index (χ0) is 15.5. The lowest BCUT2D eigenvalue weighted by atomic mass is 9.96. The van der Waals surface area contributed by atoms with Crippen molar-refractivity contribution in [2.75, 3.05) is 0 Å². The van der Waals surface area contributed by atoms with Crippen molar-refractivity contribution in [3.05, 3.63) is 53.9 Å². The van der Waals surface area contributed by atoms with Gasteiger partial charge in [0.05, 0.1) is 11.7 Å². The lowest BCUT2D eigenvalue weighted by molar-refractivity contribution is 0.0682. The highest BCUT2D eigenvalue weighted by Gasteiger charge is 2.34. The van der Waals surface area contributed by atoms with Gasteiger partial charge in [0.2, 0.25) is 0 Å². The summed E-state index contributed by atoms with van der Waals surface area (Å²) in [6.45, 7) is 5.69. The Kier molecular flexibility index (Phi) is 4.31. The third-order valence-electron chi connectivity index (χ3n) is 3.39. The van der Waals surface area contributed by atoms with Crippen molar-refractivity contribution in [3.63, 3.8) is 0 Å². The number of hydrogen-bond acceptors (Lipinski definition) is 2. The van der Waals surface area contributed by atoms with Crippen LogP contribution in [-0.2, 0) is 6.42 Å². The van der Waals surface area contributed by atoms with E-state index in [4.69, 9.17) is 0 Å². The van der Waals surface area contributed by atoms with Gasteiger partial charge in [-0.1, -0.05) is 30.3 Å². The van der Waals surface area contributed by atoms with Crippen LogP contribution in [0.1, 0.15) is 38.1 Å². The predicted octanol–water partition coefficient (Wildman–Crippen LogP) is 3.47. The molecule has 2 N–H and O–H groups in total. The van der Waals surface area contributed by atoms with Crippen LogP contribution in [0.15, 0.2) is 42.6 Å². The van der Waals surface area contributed by atoms with Crippen LogP contribution in [0.3, 0.4) is 0 Å². The van der Waals surface area contributed by atoms with Crippen LogP contribution in [-0.4, -0.2) is 31.8 Å². The fourth-order valence-corrected chi connectivity index (χ4v) is 2.52. The molecule has 0 spiro atoms.